The molecule has 138 valence electrons. The van der Waals surface area contributed by atoms with Crippen molar-refractivity contribution >= 4 is 28.8 Å². The number of hydrogen-bond donors (Lipinski definition) is 2. The standard InChI is InChI=1S/C18H18N6O3/c1-3-27-14-6-4-13(5-7-14)22-17-16(24(25)26)18(21-11-20-17)23-15-10-12(2)8-9-19-15/h4-11H,3H2,1-2H3,(H2,19,20,21,22,23). The fraction of sp³-hybridized carbons (Fsp3) is 0.167. The van der Waals surface area contributed by atoms with E-state index in [2.05, 4.69) is 25.6 Å². The van der Waals surface area contributed by atoms with Gasteiger partial charge in [0.25, 0.3) is 0 Å². The molecular weight excluding hydrogens is 348 g/mol. The molecular formula is C18H18N6O3. The van der Waals surface area contributed by atoms with Gasteiger partial charge < -0.3 is 15.4 Å². The molecule has 0 amide bonds. The molecule has 0 saturated heterocycles. The quantitative estimate of drug-likeness (QED) is 0.477. The Morgan fingerprint density at radius 2 is 1.78 bits per heavy atom. The third-order valence-electron chi connectivity index (χ3n) is 3.59. The van der Waals surface area contributed by atoms with Gasteiger partial charge in [-0.2, -0.15) is 0 Å². The van der Waals surface area contributed by atoms with E-state index in [1.54, 1.807) is 36.5 Å². The van der Waals surface area contributed by atoms with Crippen LogP contribution in [0.1, 0.15) is 12.5 Å². The van der Waals surface area contributed by atoms with Crippen LogP contribution < -0.4 is 15.4 Å². The van der Waals surface area contributed by atoms with Crippen molar-refractivity contribution in [2.75, 3.05) is 17.2 Å². The molecule has 3 rings (SSSR count). The van der Waals surface area contributed by atoms with Crippen molar-refractivity contribution < 1.29 is 9.66 Å². The maximum Gasteiger partial charge on any atom is 0.353 e. The molecule has 2 heterocycles. The molecule has 0 atom stereocenters. The zero-order valence-corrected chi connectivity index (χ0v) is 14.8. The monoisotopic (exact) mass is 366 g/mol. The minimum Gasteiger partial charge on any atom is -0.494 e. The lowest BCUT2D eigenvalue weighted by Gasteiger charge is -2.10. The number of pyridine rings is 1. The van der Waals surface area contributed by atoms with Crippen molar-refractivity contribution in [1.29, 1.82) is 0 Å². The normalized spacial score (nSPS) is 10.3. The molecule has 0 aliphatic heterocycles. The van der Waals surface area contributed by atoms with Gasteiger partial charge in [-0.3, -0.25) is 10.1 Å². The van der Waals surface area contributed by atoms with Crippen molar-refractivity contribution in [3.63, 3.8) is 0 Å². The minimum atomic E-state index is -0.533. The first-order chi connectivity index (χ1) is 13.1. The number of nitrogens with one attached hydrogen (secondary N) is 2. The average molecular weight is 366 g/mol. The molecule has 27 heavy (non-hydrogen) atoms. The van der Waals surface area contributed by atoms with E-state index in [1.807, 2.05) is 19.9 Å². The molecule has 3 aromatic rings. The number of nitrogens with zero attached hydrogens (tertiary/aromatic N) is 4. The summed E-state index contributed by atoms with van der Waals surface area (Å²) in [5, 5.41) is 17.5. The first-order valence-corrected chi connectivity index (χ1v) is 8.25. The van der Waals surface area contributed by atoms with Gasteiger partial charge in [0.1, 0.15) is 17.9 Å². The SMILES string of the molecule is CCOc1ccc(Nc2ncnc(Nc3cc(C)ccn3)c2[N+](=O)[O-])cc1. The van der Waals surface area contributed by atoms with Crippen LogP contribution in [0.5, 0.6) is 5.75 Å². The third kappa shape index (κ3) is 4.46. The highest BCUT2D eigenvalue weighted by molar-refractivity contribution is 5.76. The highest BCUT2D eigenvalue weighted by Crippen LogP contribution is 2.32. The van der Waals surface area contributed by atoms with Gasteiger partial charge in [-0.05, 0) is 55.8 Å². The van der Waals surface area contributed by atoms with E-state index in [0.717, 1.165) is 5.56 Å². The Morgan fingerprint density at radius 3 is 2.41 bits per heavy atom. The van der Waals surface area contributed by atoms with Gasteiger partial charge in [0.2, 0.25) is 11.6 Å². The van der Waals surface area contributed by atoms with Crippen molar-refractivity contribution in [3.8, 4) is 5.75 Å². The molecule has 0 unspecified atom stereocenters. The molecule has 0 fully saturated rings. The predicted molar refractivity (Wildman–Crippen MR) is 102 cm³/mol. The van der Waals surface area contributed by atoms with Crippen molar-refractivity contribution in [1.82, 2.24) is 15.0 Å². The molecule has 0 bridgehead atoms. The van der Waals surface area contributed by atoms with E-state index < -0.39 is 4.92 Å². The Labute approximate surface area is 155 Å². The van der Waals surface area contributed by atoms with Crippen molar-refractivity contribution in [3.05, 3.63) is 64.6 Å². The zero-order valence-electron chi connectivity index (χ0n) is 14.8. The summed E-state index contributed by atoms with van der Waals surface area (Å²) in [5.74, 6) is 1.31. The number of rotatable bonds is 7. The largest absolute Gasteiger partial charge is 0.494 e. The van der Waals surface area contributed by atoms with Crippen LogP contribution in [0.25, 0.3) is 0 Å². The summed E-state index contributed by atoms with van der Waals surface area (Å²) in [5.41, 5.74) is 1.34. The van der Waals surface area contributed by atoms with E-state index in [0.29, 0.717) is 23.9 Å². The molecule has 1 aromatic carbocycles. The molecule has 9 heteroatoms. The Hall–Kier alpha value is -3.75. The van der Waals surface area contributed by atoms with E-state index in [4.69, 9.17) is 4.74 Å². The van der Waals surface area contributed by atoms with Crippen LogP contribution in [-0.2, 0) is 0 Å². The minimum absolute atomic E-state index is 0.0570. The van der Waals surface area contributed by atoms with E-state index >= 15 is 0 Å². The van der Waals surface area contributed by atoms with Gasteiger partial charge in [0.15, 0.2) is 0 Å². The summed E-state index contributed by atoms with van der Waals surface area (Å²) >= 11 is 0. The zero-order chi connectivity index (χ0) is 19.2. The predicted octanol–water partition coefficient (Wildman–Crippen LogP) is 3.97. The Kier molecular flexibility index (Phi) is 5.41. The third-order valence-corrected chi connectivity index (χ3v) is 3.59. The van der Waals surface area contributed by atoms with Crippen LogP contribution in [0.3, 0.4) is 0 Å². The van der Waals surface area contributed by atoms with Crippen molar-refractivity contribution in [2.45, 2.75) is 13.8 Å². The Balaban J connectivity index is 1.90. The van der Waals surface area contributed by atoms with Gasteiger partial charge >= 0.3 is 5.69 Å². The smallest absolute Gasteiger partial charge is 0.353 e. The summed E-state index contributed by atoms with van der Waals surface area (Å²) in [4.78, 5) is 23.3. The maximum absolute atomic E-state index is 11.6. The molecule has 9 nitrogen and oxygen atoms in total. The topological polar surface area (TPSA) is 115 Å². The second-order valence-corrected chi connectivity index (χ2v) is 5.60. The van der Waals surface area contributed by atoms with E-state index in [-0.39, 0.29) is 17.3 Å². The lowest BCUT2D eigenvalue weighted by Crippen LogP contribution is -2.06. The van der Waals surface area contributed by atoms with Crippen LogP contribution in [0.2, 0.25) is 0 Å². The molecule has 2 aromatic heterocycles. The molecule has 0 spiro atoms. The van der Waals surface area contributed by atoms with Crippen LogP contribution in [0.4, 0.5) is 28.8 Å². The van der Waals surface area contributed by atoms with Gasteiger partial charge in [-0.1, -0.05) is 0 Å². The summed E-state index contributed by atoms with van der Waals surface area (Å²) in [7, 11) is 0. The molecule has 0 radical (unpaired) electrons. The van der Waals surface area contributed by atoms with Crippen molar-refractivity contribution in [2.24, 2.45) is 0 Å². The van der Waals surface area contributed by atoms with Crippen LogP contribution in [0.15, 0.2) is 48.9 Å². The molecule has 0 aliphatic carbocycles. The Morgan fingerprint density at radius 1 is 1.07 bits per heavy atom. The second-order valence-electron chi connectivity index (χ2n) is 5.60. The highest BCUT2D eigenvalue weighted by Gasteiger charge is 2.23. The first-order valence-electron chi connectivity index (χ1n) is 8.25. The fourth-order valence-corrected chi connectivity index (χ4v) is 2.40. The van der Waals surface area contributed by atoms with E-state index in [9.17, 15) is 10.1 Å². The molecule has 0 saturated carbocycles. The Bertz CT molecular complexity index is 946. The first kappa shape index (κ1) is 18.1. The summed E-state index contributed by atoms with van der Waals surface area (Å²) in [6, 6.07) is 10.7. The van der Waals surface area contributed by atoms with Crippen LogP contribution in [0, 0.1) is 17.0 Å². The number of ether oxygens (including phenoxy) is 1. The number of aryl methyl sites for hydroxylation is 1. The lowest BCUT2D eigenvalue weighted by molar-refractivity contribution is -0.383. The van der Waals surface area contributed by atoms with Gasteiger partial charge in [0.05, 0.1) is 11.5 Å². The fourth-order valence-electron chi connectivity index (χ4n) is 2.40. The van der Waals surface area contributed by atoms with Gasteiger partial charge in [-0.15, -0.1) is 0 Å². The second kappa shape index (κ2) is 8.09. The number of hydrogen-bond acceptors (Lipinski definition) is 8. The van der Waals surface area contributed by atoms with Crippen LogP contribution >= 0.6 is 0 Å². The summed E-state index contributed by atoms with van der Waals surface area (Å²) < 4.78 is 5.39. The number of anilines is 4. The average Bonchev–Trinajstić information content (AvgIpc) is 2.63. The number of aromatic nitrogens is 3. The number of nitro groups is 1. The molecule has 2 N–H and O–H groups in total. The number of benzene rings is 1. The molecule has 0 aliphatic rings. The maximum atomic E-state index is 11.6. The van der Waals surface area contributed by atoms with Gasteiger partial charge in [0, 0.05) is 11.9 Å². The summed E-state index contributed by atoms with van der Waals surface area (Å²) in [6.07, 6.45) is 2.87. The van der Waals surface area contributed by atoms with E-state index in [1.165, 1.54) is 6.33 Å². The highest BCUT2D eigenvalue weighted by atomic mass is 16.6. The lowest BCUT2D eigenvalue weighted by atomic mass is 10.3. The van der Waals surface area contributed by atoms with Crippen LogP contribution in [-0.4, -0.2) is 26.5 Å². The summed E-state index contributed by atoms with van der Waals surface area (Å²) in [6.45, 7) is 4.36. The van der Waals surface area contributed by atoms with Gasteiger partial charge in [-0.25, -0.2) is 15.0 Å².